The molecular weight excluding hydrogens is 294 g/mol. The molecule has 3 aromatic rings. The largest absolute Gasteiger partial charge is 0.353 e. The van der Waals surface area contributed by atoms with E-state index in [9.17, 15) is 4.79 Å². The van der Waals surface area contributed by atoms with Crippen molar-refractivity contribution in [3.63, 3.8) is 0 Å². The van der Waals surface area contributed by atoms with Gasteiger partial charge < -0.3 is 10.3 Å². The van der Waals surface area contributed by atoms with E-state index in [-0.39, 0.29) is 5.91 Å². The number of H-pyrrole nitrogens is 1. The van der Waals surface area contributed by atoms with Crippen molar-refractivity contribution >= 4 is 28.1 Å². The molecule has 4 nitrogen and oxygen atoms in total. The normalized spacial score (nSPS) is 11.0. The lowest BCUT2D eigenvalue weighted by Gasteiger charge is -2.01. The first-order valence-corrected chi connectivity index (χ1v) is 8.47. The van der Waals surface area contributed by atoms with Crippen LogP contribution in [0.3, 0.4) is 0 Å². The molecule has 0 atom stereocenters. The molecule has 3 rings (SSSR count). The van der Waals surface area contributed by atoms with Crippen LogP contribution in [0.5, 0.6) is 0 Å². The predicted octanol–water partition coefficient (Wildman–Crippen LogP) is 4.21. The molecule has 0 saturated heterocycles. The van der Waals surface area contributed by atoms with Crippen LogP contribution in [0.4, 0.5) is 0 Å². The zero-order valence-corrected chi connectivity index (χ0v) is 13.4. The van der Waals surface area contributed by atoms with Gasteiger partial charge in [0.1, 0.15) is 10.7 Å². The number of carbonyl (C=O) groups is 1. The van der Waals surface area contributed by atoms with Crippen molar-refractivity contribution in [2.75, 3.05) is 6.54 Å². The van der Waals surface area contributed by atoms with Crippen LogP contribution in [0.2, 0.25) is 0 Å². The summed E-state index contributed by atoms with van der Waals surface area (Å²) in [5.41, 5.74) is 2.53. The third-order valence-electron chi connectivity index (χ3n) is 3.56. The molecule has 0 fully saturated rings. The fourth-order valence-electron chi connectivity index (χ4n) is 2.36. The molecule has 0 aliphatic heterocycles. The van der Waals surface area contributed by atoms with E-state index in [0.717, 1.165) is 40.9 Å². The maximum absolute atomic E-state index is 12.0. The number of nitrogens with one attached hydrogen (secondary N) is 2. The highest BCUT2D eigenvalue weighted by atomic mass is 32.1. The van der Waals surface area contributed by atoms with Gasteiger partial charge in [-0.05, 0) is 18.6 Å². The molecular formula is C17H19N3OS. The van der Waals surface area contributed by atoms with Crippen LogP contribution < -0.4 is 5.32 Å². The second-order valence-electron chi connectivity index (χ2n) is 5.27. The number of amides is 1. The van der Waals surface area contributed by atoms with E-state index >= 15 is 0 Å². The Labute approximate surface area is 133 Å². The number of para-hydroxylation sites is 1. The first-order valence-electron chi connectivity index (χ1n) is 7.60. The number of fused-ring (bicyclic) bond motifs is 1. The van der Waals surface area contributed by atoms with E-state index in [1.165, 1.54) is 11.3 Å². The predicted molar refractivity (Wildman–Crippen MR) is 91.3 cm³/mol. The van der Waals surface area contributed by atoms with Crippen LogP contribution in [0, 0.1) is 0 Å². The zero-order valence-electron chi connectivity index (χ0n) is 12.6. The maximum Gasteiger partial charge on any atom is 0.270 e. The average molecular weight is 313 g/mol. The quantitative estimate of drug-likeness (QED) is 0.670. The Hall–Kier alpha value is -2.14. The molecule has 2 heterocycles. The molecule has 0 unspecified atom stereocenters. The van der Waals surface area contributed by atoms with Crippen molar-refractivity contribution in [3.8, 4) is 10.7 Å². The van der Waals surface area contributed by atoms with Crippen molar-refractivity contribution < 1.29 is 4.79 Å². The van der Waals surface area contributed by atoms with Crippen LogP contribution >= 0.6 is 11.3 Å². The highest BCUT2D eigenvalue weighted by molar-refractivity contribution is 7.13. The standard InChI is InChI=1S/C17H19N3OS/c1-2-3-6-9-18-16(21)15-11-22-17(20-15)14-10-12-7-4-5-8-13(12)19-14/h4-5,7-8,10-11,19H,2-3,6,9H2,1H3,(H,18,21). The number of rotatable bonds is 6. The van der Waals surface area contributed by atoms with Gasteiger partial charge in [0.05, 0.1) is 5.69 Å². The third kappa shape index (κ3) is 3.20. The molecule has 22 heavy (non-hydrogen) atoms. The maximum atomic E-state index is 12.0. The van der Waals surface area contributed by atoms with Gasteiger partial charge in [0, 0.05) is 22.8 Å². The number of unbranched alkanes of at least 4 members (excludes halogenated alkanes) is 2. The second kappa shape index (κ2) is 6.75. The minimum Gasteiger partial charge on any atom is -0.353 e. The molecule has 2 aromatic heterocycles. The average Bonchev–Trinajstić information content (AvgIpc) is 3.17. The van der Waals surface area contributed by atoms with Crippen LogP contribution in [0.25, 0.3) is 21.6 Å². The Morgan fingerprint density at radius 1 is 1.32 bits per heavy atom. The molecule has 0 saturated carbocycles. The number of hydrogen-bond acceptors (Lipinski definition) is 3. The fraction of sp³-hybridized carbons (Fsp3) is 0.294. The van der Waals surface area contributed by atoms with E-state index in [2.05, 4.69) is 34.3 Å². The number of benzene rings is 1. The van der Waals surface area contributed by atoms with Gasteiger partial charge in [0.15, 0.2) is 0 Å². The Bertz CT molecular complexity index is 742. The Balaban J connectivity index is 1.71. The first kappa shape index (κ1) is 14.8. The number of aromatic amines is 1. The van der Waals surface area contributed by atoms with Gasteiger partial charge in [-0.3, -0.25) is 4.79 Å². The molecule has 2 N–H and O–H groups in total. The van der Waals surface area contributed by atoms with Gasteiger partial charge in [-0.25, -0.2) is 4.98 Å². The smallest absolute Gasteiger partial charge is 0.270 e. The topological polar surface area (TPSA) is 57.8 Å². The number of thiazole rings is 1. The van der Waals surface area contributed by atoms with Gasteiger partial charge in [-0.2, -0.15) is 0 Å². The summed E-state index contributed by atoms with van der Waals surface area (Å²) < 4.78 is 0. The lowest BCUT2D eigenvalue weighted by atomic mass is 10.2. The van der Waals surface area contributed by atoms with E-state index in [1.807, 2.05) is 23.6 Å². The molecule has 114 valence electrons. The van der Waals surface area contributed by atoms with Crippen LogP contribution in [-0.4, -0.2) is 22.4 Å². The molecule has 1 amide bonds. The SMILES string of the molecule is CCCCCNC(=O)c1csc(-c2cc3ccccc3[nH]2)n1. The van der Waals surface area contributed by atoms with Crippen molar-refractivity contribution in [2.45, 2.75) is 26.2 Å². The summed E-state index contributed by atoms with van der Waals surface area (Å²) in [5.74, 6) is -0.0882. The monoisotopic (exact) mass is 313 g/mol. The number of aromatic nitrogens is 2. The van der Waals surface area contributed by atoms with Crippen molar-refractivity contribution in [3.05, 3.63) is 41.4 Å². The summed E-state index contributed by atoms with van der Waals surface area (Å²) in [5, 5.41) is 6.73. The highest BCUT2D eigenvalue weighted by Gasteiger charge is 2.12. The number of nitrogens with zero attached hydrogens (tertiary/aromatic N) is 1. The van der Waals surface area contributed by atoms with Gasteiger partial charge in [-0.15, -0.1) is 11.3 Å². The number of hydrogen-bond donors (Lipinski definition) is 2. The fourth-order valence-corrected chi connectivity index (χ4v) is 3.13. The summed E-state index contributed by atoms with van der Waals surface area (Å²) in [6, 6.07) is 10.2. The van der Waals surface area contributed by atoms with E-state index < -0.39 is 0 Å². The Morgan fingerprint density at radius 3 is 3.00 bits per heavy atom. The lowest BCUT2D eigenvalue weighted by molar-refractivity contribution is 0.0949. The van der Waals surface area contributed by atoms with E-state index in [1.54, 1.807) is 0 Å². The Morgan fingerprint density at radius 2 is 2.18 bits per heavy atom. The van der Waals surface area contributed by atoms with Crippen LogP contribution in [0.15, 0.2) is 35.7 Å². The Kier molecular flexibility index (Phi) is 4.53. The highest BCUT2D eigenvalue weighted by Crippen LogP contribution is 2.26. The van der Waals surface area contributed by atoms with Crippen LogP contribution in [-0.2, 0) is 0 Å². The lowest BCUT2D eigenvalue weighted by Crippen LogP contribution is -2.24. The van der Waals surface area contributed by atoms with Gasteiger partial charge >= 0.3 is 0 Å². The van der Waals surface area contributed by atoms with Gasteiger partial charge in [0.2, 0.25) is 0 Å². The van der Waals surface area contributed by atoms with Gasteiger partial charge in [0.25, 0.3) is 5.91 Å². The molecule has 0 bridgehead atoms. The molecule has 1 aromatic carbocycles. The number of carbonyl (C=O) groups excluding carboxylic acids is 1. The van der Waals surface area contributed by atoms with Crippen LogP contribution in [0.1, 0.15) is 36.7 Å². The van der Waals surface area contributed by atoms with Crippen molar-refractivity contribution in [1.29, 1.82) is 0 Å². The summed E-state index contributed by atoms with van der Waals surface area (Å²) in [7, 11) is 0. The van der Waals surface area contributed by atoms with E-state index in [0.29, 0.717) is 12.2 Å². The zero-order chi connectivity index (χ0) is 15.4. The molecule has 5 heteroatoms. The minimum absolute atomic E-state index is 0.0882. The minimum atomic E-state index is -0.0882. The third-order valence-corrected chi connectivity index (χ3v) is 4.44. The summed E-state index contributed by atoms with van der Waals surface area (Å²) in [4.78, 5) is 19.8. The van der Waals surface area contributed by atoms with E-state index in [4.69, 9.17) is 0 Å². The van der Waals surface area contributed by atoms with Crippen molar-refractivity contribution in [1.82, 2.24) is 15.3 Å². The molecule has 0 radical (unpaired) electrons. The van der Waals surface area contributed by atoms with Crippen molar-refractivity contribution in [2.24, 2.45) is 0 Å². The molecule has 0 aliphatic rings. The van der Waals surface area contributed by atoms with Gasteiger partial charge in [-0.1, -0.05) is 38.0 Å². The summed E-state index contributed by atoms with van der Waals surface area (Å²) >= 11 is 1.49. The summed E-state index contributed by atoms with van der Waals surface area (Å²) in [6.07, 6.45) is 3.30. The first-order chi connectivity index (χ1) is 10.8. The molecule has 0 aliphatic carbocycles. The second-order valence-corrected chi connectivity index (χ2v) is 6.13. The summed E-state index contributed by atoms with van der Waals surface area (Å²) in [6.45, 7) is 2.86. The molecule has 0 spiro atoms.